The average molecular weight is 241 g/mol. The molecule has 2 unspecified atom stereocenters. The molecule has 0 saturated carbocycles. The van der Waals surface area contributed by atoms with Gasteiger partial charge in [0.1, 0.15) is 0 Å². The smallest absolute Gasteiger partial charge is 0.0813 e. The molecule has 2 atom stereocenters. The molecule has 1 fully saturated rings. The van der Waals surface area contributed by atoms with E-state index in [0.29, 0.717) is 16.6 Å². The predicted molar refractivity (Wildman–Crippen MR) is 66.4 cm³/mol. The van der Waals surface area contributed by atoms with Crippen molar-refractivity contribution in [3.05, 3.63) is 28.8 Å². The third-order valence-electron chi connectivity index (χ3n) is 3.13. The second-order valence-corrected chi connectivity index (χ2v) is 4.82. The van der Waals surface area contributed by atoms with Crippen molar-refractivity contribution >= 4 is 17.3 Å². The van der Waals surface area contributed by atoms with E-state index in [1.165, 1.54) is 0 Å². The Labute approximate surface area is 101 Å². The SMILES string of the molecule is Nc1ccc(Cl)cc1C(O)CC1CCNC1. The van der Waals surface area contributed by atoms with Gasteiger partial charge in [0.05, 0.1) is 6.10 Å². The topological polar surface area (TPSA) is 58.3 Å². The van der Waals surface area contributed by atoms with Crippen molar-refractivity contribution in [3.63, 3.8) is 0 Å². The number of rotatable bonds is 3. The van der Waals surface area contributed by atoms with Gasteiger partial charge in [-0.1, -0.05) is 11.6 Å². The van der Waals surface area contributed by atoms with E-state index in [1.807, 2.05) is 0 Å². The van der Waals surface area contributed by atoms with Crippen LogP contribution in [-0.2, 0) is 0 Å². The summed E-state index contributed by atoms with van der Waals surface area (Å²) in [7, 11) is 0. The second kappa shape index (κ2) is 5.04. The standard InChI is InChI=1S/C12H17ClN2O/c13-9-1-2-11(14)10(6-9)12(16)5-8-3-4-15-7-8/h1-2,6,8,12,15-16H,3-5,7,14H2. The molecule has 0 spiro atoms. The summed E-state index contributed by atoms with van der Waals surface area (Å²) in [6.45, 7) is 2.03. The molecule has 0 aromatic heterocycles. The highest BCUT2D eigenvalue weighted by atomic mass is 35.5. The van der Waals surface area contributed by atoms with Crippen molar-refractivity contribution in [2.45, 2.75) is 18.9 Å². The maximum absolute atomic E-state index is 10.1. The normalized spacial score (nSPS) is 22.2. The number of benzene rings is 1. The van der Waals surface area contributed by atoms with Crippen LogP contribution in [0.3, 0.4) is 0 Å². The van der Waals surface area contributed by atoms with Crippen LogP contribution in [0.15, 0.2) is 18.2 Å². The summed E-state index contributed by atoms with van der Waals surface area (Å²) in [5, 5.41) is 14.0. The Hall–Kier alpha value is -0.770. The molecule has 0 bridgehead atoms. The van der Waals surface area contributed by atoms with Crippen LogP contribution in [0.5, 0.6) is 0 Å². The Morgan fingerprint density at radius 3 is 3.06 bits per heavy atom. The Bertz CT molecular complexity index is 364. The van der Waals surface area contributed by atoms with E-state index in [9.17, 15) is 5.11 Å². The molecule has 1 heterocycles. The maximum Gasteiger partial charge on any atom is 0.0813 e. The minimum atomic E-state index is -0.511. The number of nitrogens with two attached hydrogens (primary N) is 1. The minimum absolute atomic E-state index is 0.511. The summed E-state index contributed by atoms with van der Waals surface area (Å²) in [6, 6.07) is 5.24. The van der Waals surface area contributed by atoms with Crippen LogP contribution in [0.25, 0.3) is 0 Å². The summed E-state index contributed by atoms with van der Waals surface area (Å²) in [6.07, 6.45) is 1.36. The summed E-state index contributed by atoms with van der Waals surface area (Å²) < 4.78 is 0. The third-order valence-corrected chi connectivity index (χ3v) is 3.36. The molecule has 1 aromatic carbocycles. The largest absolute Gasteiger partial charge is 0.398 e. The Morgan fingerprint density at radius 2 is 2.38 bits per heavy atom. The first kappa shape index (κ1) is 11.7. The zero-order valence-corrected chi connectivity index (χ0v) is 9.87. The second-order valence-electron chi connectivity index (χ2n) is 4.38. The van der Waals surface area contributed by atoms with Crippen LogP contribution in [0.4, 0.5) is 5.69 Å². The van der Waals surface area contributed by atoms with Crippen molar-refractivity contribution in [3.8, 4) is 0 Å². The Kier molecular flexibility index (Phi) is 3.69. The van der Waals surface area contributed by atoms with Crippen LogP contribution in [0, 0.1) is 5.92 Å². The molecule has 0 amide bonds. The van der Waals surface area contributed by atoms with Gasteiger partial charge in [0.2, 0.25) is 0 Å². The fraction of sp³-hybridized carbons (Fsp3) is 0.500. The highest BCUT2D eigenvalue weighted by Gasteiger charge is 2.20. The lowest BCUT2D eigenvalue weighted by Crippen LogP contribution is -2.12. The van der Waals surface area contributed by atoms with Gasteiger partial charge < -0.3 is 16.2 Å². The molecule has 88 valence electrons. The number of nitrogens with one attached hydrogen (secondary N) is 1. The molecule has 1 aromatic rings. The fourth-order valence-corrected chi connectivity index (χ4v) is 2.37. The van der Waals surface area contributed by atoms with Crippen molar-refractivity contribution < 1.29 is 5.11 Å². The van der Waals surface area contributed by atoms with E-state index in [2.05, 4.69) is 5.32 Å². The van der Waals surface area contributed by atoms with E-state index in [0.717, 1.165) is 31.5 Å². The molecule has 0 radical (unpaired) electrons. The molecule has 4 N–H and O–H groups in total. The van der Waals surface area contributed by atoms with Crippen LogP contribution in [0.1, 0.15) is 24.5 Å². The van der Waals surface area contributed by atoms with Gasteiger partial charge in [-0.15, -0.1) is 0 Å². The molecule has 2 rings (SSSR count). The van der Waals surface area contributed by atoms with E-state index >= 15 is 0 Å². The van der Waals surface area contributed by atoms with Gasteiger partial charge in [0.15, 0.2) is 0 Å². The van der Waals surface area contributed by atoms with Crippen molar-refractivity contribution in [1.82, 2.24) is 5.32 Å². The Balaban J connectivity index is 2.07. The first-order valence-corrected chi connectivity index (χ1v) is 5.98. The van der Waals surface area contributed by atoms with Gasteiger partial charge in [-0.25, -0.2) is 0 Å². The number of hydrogen-bond acceptors (Lipinski definition) is 3. The lowest BCUT2D eigenvalue weighted by molar-refractivity contribution is 0.148. The summed E-state index contributed by atoms with van der Waals surface area (Å²) in [5.41, 5.74) is 7.19. The number of anilines is 1. The van der Waals surface area contributed by atoms with Gasteiger partial charge in [-0.2, -0.15) is 0 Å². The highest BCUT2D eigenvalue weighted by Crippen LogP contribution is 2.30. The van der Waals surface area contributed by atoms with Gasteiger partial charge >= 0.3 is 0 Å². The van der Waals surface area contributed by atoms with Crippen LogP contribution < -0.4 is 11.1 Å². The zero-order chi connectivity index (χ0) is 11.5. The molecule has 16 heavy (non-hydrogen) atoms. The highest BCUT2D eigenvalue weighted by molar-refractivity contribution is 6.30. The lowest BCUT2D eigenvalue weighted by Gasteiger charge is -2.17. The molecular weight excluding hydrogens is 224 g/mol. The molecule has 1 aliphatic heterocycles. The number of nitrogen functional groups attached to an aromatic ring is 1. The number of hydrogen-bond donors (Lipinski definition) is 3. The zero-order valence-electron chi connectivity index (χ0n) is 9.12. The van der Waals surface area contributed by atoms with E-state index in [4.69, 9.17) is 17.3 Å². The summed E-state index contributed by atoms with van der Waals surface area (Å²) in [4.78, 5) is 0. The monoisotopic (exact) mass is 240 g/mol. The third kappa shape index (κ3) is 2.67. The van der Waals surface area contributed by atoms with Crippen molar-refractivity contribution in [2.24, 2.45) is 5.92 Å². The summed E-state index contributed by atoms with van der Waals surface area (Å²) in [5.74, 6) is 0.536. The first-order chi connectivity index (χ1) is 7.66. The van der Waals surface area contributed by atoms with Gasteiger partial charge in [0.25, 0.3) is 0 Å². The average Bonchev–Trinajstić information content (AvgIpc) is 2.74. The quantitative estimate of drug-likeness (QED) is 0.708. The maximum atomic E-state index is 10.1. The van der Waals surface area contributed by atoms with E-state index in [1.54, 1.807) is 18.2 Å². The number of aliphatic hydroxyl groups is 1. The predicted octanol–water partition coefficient (Wildman–Crippen LogP) is 1.96. The molecular formula is C12H17ClN2O. The van der Waals surface area contributed by atoms with Crippen LogP contribution >= 0.6 is 11.6 Å². The summed E-state index contributed by atoms with van der Waals surface area (Å²) >= 11 is 5.90. The molecule has 3 nitrogen and oxygen atoms in total. The van der Waals surface area contributed by atoms with Crippen LogP contribution in [-0.4, -0.2) is 18.2 Å². The molecule has 1 saturated heterocycles. The molecule has 4 heteroatoms. The van der Waals surface area contributed by atoms with Gasteiger partial charge in [0, 0.05) is 16.3 Å². The van der Waals surface area contributed by atoms with Gasteiger partial charge in [-0.05, 0) is 50.0 Å². The van der Waals surface area contributed by atoms with E-state index < -0.39 is 6.10 Å². The number of halogens is 1. The first-order valence-electron chi connectivity index (χ1n) is 5.60. The molecule has 1 aliphatic rings. The lowest BCUT2D eigenvalue weighted by atomic mass is 9.95. The van der Waals surface area contributed by atoms with Crippen molar-refractivity contribution in [2.75, 3.05) is 18.8 Å². The number of aliphatic hydroxyl groups excluding tert-OH is 1. The minimum Gasteiger partial charge on any atom is -0.398 e. The van der Waals surface area contributed by atoms with Gasteiger partial charge in [-0.3, -0.25) is 0 Å². The Morgan fingerprint density at radius 1 is 1.56 bits per heavy atom. The van der Waals surface area contributed by atoms with Crippen molar-refractivity contribution in [1.29, 1.82) is 0 Å². The molecule has 0 aliphatic carbocycles. The van der Waals surface area contributed by atoms with E-state index in [-0.39, 0.29) is 0 Å². The van der Waals surface area contributed by atoms with Crippen LogP contribution in [0.2, 0.25) is 5.02 Å². The fourth-order valence-electron chi connectivity index (χ4n) is 2.19.